The average Bonchev–Trinajstić information content (AvgIpc) is 3.34. The Morgan fingerprint density at radius 3 is 2.17 bits per heavy atom. The monoisotopic (exact) mass is 750 g/mol. The Morgan fingerprint density at radius 2 is 1.57 bits per heavy atom. The van der Waals surface area contributed by atoms with Crippen molar-refractivity contribution in [2.45, 2.75) is 142 Å². The molecule has 1 aromatic carbocycles. The van der Waals surface area contributed by atoms with Gasteiger partial charge in [-0.2, -0.15) is 0 Å². The van der Waals surface area contributed by atoms with Crippen molar-refractivity contribution in [2.24, 2.45) is 23.2 Å². The summed E-state index contributed by atoms with van der Waals surface area (Å²) in [5.41, 5.74) is 3.73. The van der Waals surface area contributed by atoms with Crippen LogP contribution in [-0.4, -0.2) is 59.1 Å². The van der Waals surface area contributed by atoms with Gasteiger partial charge in [-0.15, -0.1) is 0 Å². The van der Waals surface area contributed by atoms with Gasteiger partial charge < -0.3 is 28.1 Å². The van der Waals surface area contributed by atoms with E-state index in [9.17, 15) is 9.59 Å². The molecule has 8 nitrogen and oxygen atoms in total. The second-order valence-electron chi connectivity index (χ2n) is 17.2. The normalized spacial score (nSPS) is 25.4. The standard InChI is InChI=1S/C44H66O8Si/c1-11-12-13-14-15-16-17-33-24-37-40(48-26-32-18-20-34(47-10)21-19-32)38(35(33)22-23-51-53(29(2)3,30(4)5)31(6)7)39-36(41(45)52-42(39)46)25-44(37)27-49-43(8,9)50-28-44/h11-12,18-21,24,29-31,33,35,38,40H,13-17,22-23,25-28H2,1-10H3/b12-11+/t33-,35+,38+,40?/m1/s1. The smallest absolute Gasteiger partial charge is 0.342 e. The van der Waals surface area contributed by atoms with Crippen molar-refractivity contribution in [3.63, 3.8) is 0 Å². The van der Waals surface area contributed by atoms with E-state index in [1.165, 1.54) is 0 Å². The lowest BCUT2D eigenvalue weighted by molar-refractivity contribution is -0.280. The van der Waals surface area contributed by atoms with Gasteiger partial charge in [-0.25, -0.2) is 9.59 Å². The van der Waals surface area contributed by atoms with Gasteiger partial charge in [0.1, 0.15) is 5.75 Å². The maximum atomic E-state index is 14.0. The Bertz CT molecular complexity index is 1490. The first kappa shape index (κ1) is 41.6. The van der Waals surface area contributed by atoms with Crippen molar-refractivity contribution in [1.82, 2.24) is 0 Å². The predicted molar refractivity (Wildman–Crippen MR) is 211 cm³/mol. The van der Waals surface area contributed by atoms with Crippen LogP contribution in [0.15, 0.2) is 59.2 Å². The molecule has 2 aliphatic carbocycles. The number of hydrogen-bond donors (Lipinski definition) is 0. The van der Waals surface area contributed by atoms with E-state index < -0.39 is 37.6 Å². The molecule has 1 saturated heterocycles. The van der Waals surface area contributed by atoms with Crippen molar-refractivity contribution in [2.75, 3.05) is 26.9 Å². The van der Waals surface area contributed by atoms with Crippen LogP contribution in [0.2, 0.25) is 16.6 Å². The Hall–Kier alpha value is -2.56. The Kier molecular flexibility index (Phi) is 13.7. The highest BCUT2D eigenvalue weighted by Crippen LogP contribution is 2.57. The number of methoxy groups -OCH3 is 1. The van der Waals surface area contributed by atoms with Crippen molar-refractivity contribution >= 4 is 20.3 Å². The minimum Gasteiger partial charge on any atom is -0.497 e. The summed E-state index contributed by atoms with van der Waals surface area (Å²) in [4.78, 5) is 27.6. The number of ether oxygens (including phenoxy) is 5. The number of cyclic esters (lactones) is 2. The van der Waals surface area contributed by atoms with Gasteiger partial charge in [0.2, 0.25) is 0 Å². The van der Waals surface area contributed by atoms with Gasteiger partial charge in [-0.05, 0) is 105 Å². The summed E-state index contributed by atoms with van der Waals surface area (Å²) in [5, 5.41) is 0. The summed E-state index contributed by atoms with van der Waals surface area (Å²) in [6.45, 7) is 21.5. The Morgan fingerprint density at radius 1 is 0.906 bits per heavy atom. The topological polar surface area (TPSA) is 89.5 Å². The number of carbonyl (C=O) groups excluding carboxylic acids is 2. The molecule has 2 heterocycles. The number of allylic oxidation sites excluding steroid dienone is 3. The third kappa shape index (κ3) is 8.80. The highest BCUT2D eigenvalue weighted by Gasteiger charge is 2.58. The zero-order chi connectivity index (χ0) is 38.6. The molecule has 2 bridgehead atoms. The van der Waals surface area contributed by atoms with Gasteiger partial charge in [0, 0.05) is 23.5 Å². The molecule has 0 radical (unpaired) electrons. The summed E-state index contributed by atoms with van der Waals surface area (Å²) in [6.07, 6.45) is 12.8. The van der Waals surface area contributed by atoms with E-state index in [0.29, 0.717) is 60.6 Å². The number of fused-ring (bicyclic) bond motifs is 4. The number of hydrogen-bond acceptors (Lipinski definition) is 8. The Balaban J connectivity index is 1.60. The lowest BCUT2D eigenvalue weighted by Gasteiger charge is -2.50. The molecule has 0 amide bonds. The molecule has 0 N–H and O–H groups in total. The summed E-state index contributed by atoms with van der Waals surface area (Å²) in [5.74, 6) is -1.28. The molecule has 53 heavy (non-hydrogen) atoms. The van der Waals surface area contributed by atoms with Crippen LogP contribution >= 0.6 is 0 Å². The summed E-state index contributed by atoms with van der Waals surface area (Å²) >= 11 is 0. The highest BCUT2D eigenvalue weighted by molar-refractivity contribution is 6.77. The fraction of sp³-hybridized carbons (Fsp3) is 0.682. The van der Waals surface area contributed by atoms with Crippen LogP contribution in [0.4, 0.5) is 0 Å². The van der Waals surface area contributed by atoms with E-state index in [4.69, 9.17) is 28.1 Å². The van der Waals surface area contributed by atoms with E-state index in [1.807, 2.05) is 38.1 Å². The van der Waals surface area contributed by atoms with Crippen LogP contribution in [-0.2, 0) is 39.6 Å². The van der Waals surface area contributed by atoms with Crippen LogP contribution in [0.25, 0.3) is 0 Å². The van der Waals surface area contributed by atoms with Gasteiger partial charge in [0.05, 0.1) is 38.6 Å². The van der Waals surface area contributed by atoms with Crippen LogP contribution < -0.4 is 4.74 Å². The molecular weight excluding hydrogens is 685 g/mol. The number of esters is 2. The zero-order valence-electron chi connectivity index (χ0n) is 34.1. The third-order valence-corrected chi connectivity index (χ3v) is 18.7. The quantitative estimate of drug-likeness (QED) is 0.0511. The second-order valence-corrected chi connectivity index (χ2v) is 22.7. The largest absolute Gasteiger partial charge is 0.497 e. The van der Waals surface area contributed by atoms with Crippen molar-refractivity contribution in [1.29, 1.82) is 0 Å². The number of benzene rings is 1. The van der Waals surface area contributed by atoms with E-state index in [-0.39, 0.29) is 17.8 Å². The van der Waals surface area contributed by atoms with Gasteiger partial charge in [-0.1, -0.05) is 84.7 Å². The fourth-order valence-electron chi connectivity index (χ4n) is 9.98. The lowest BCUT2D eigenvalue weighted by Crippen LogP contribution is -2.52. The minimum atomic E-state index is -2.15. The van der Waals surface area contributed by atoms with E-state index in [0.717, 1.165) is 55.4 Å². The molecule has 4 atom stereocenters. The average molecular weight is 751 g/mol. The second kappa shape index (κ2) is 17.5. The molecule has 1 spiro atoms. The van der Waals surface area contributed by atoms with Gasteiger partial charge in [-0.3, -0.25) is 0 Å². The Labute approximate surface area is 320 Å². The number of unbranched alkanes of at least 4 members (excludes halogenated alkanes) is 3. The zero-order valence-corrected chi connectivity index (χ0v) is 35.1. The lowest BCUT2D eigenvalue weighted by atomic mass is 9.62. The molecule has 1 unspecified atom stereocenters. The van der Waals surface area contributed by atoms with E-state index in [1.54, 1.807) is 7.11 Å². The maximum Gasteiger partial charge on any atom is 0.342 e. The van der Waals surface area contributed by atoms with Crippen LogP contribution in [0.3, 0.4) is 0 Å². The fourth-order valence-corrected chi connectivity index (χ4v) is 15.5. The molecule has 9 heteroatoms. The summed E-state index contributed by atoms with van der Waals surface area (Å²) < 4.78 is 38.0. The minimum absolute atomic E-state index is 0.00816. The molecule has 5 rings (SSSR count). The molecular formula is C44H66O8Si. The van der Waals surface area contributed by atoms with Crippen LogP contribution in [0, 0.1) is 23.2 Å². The van der Waals surface area contributed by atoms with E-state index in [2.05, 4.69) is 66.7 Å². The summed E-state index contributed by atoms with van der Waals surface area (Å²) in [6, 6.07) is 7.90. The number of carbonyl (C=O) groups is 2. The molecule has 294 valence electrons. The van der Waals surface area contributed by atoms with Crippen molar-refractivity contribution < 1.29 is 37.7 Å². The van der Waals surface area contributed by atoms with Crippen LogP contribution in [0.5, 0.6) is 5.75 Å². The van der Waals surface area contributed by atoms with Gasteiger partial charge in [0.25, 0.3) is 0 Å². The first-order valence-electron chi connectivity index (χ1n) is 20.2. The summed E-state index contributed by atoms with van der Waals surface area (Å²) in [7, 11) is -0.497. The maximum absolute atomic E-state index is 14.0. The van der Waals surface area contributed by atoms with Gasteiger partial charge in [0.15, 0.2) is 14.1 Å². The SMILES string of the molecule is C/C=C/CCCCC[C@@H]1C=C2C(OCc3ccc(OC)cc3)[C@H](C3=C(CC24COC(C)(C)OC4)C(=O)OC3=O)[C@H]1CCO[Si](C(C)C)(C(C)C)C(C)C. The van der Waals surface area contributed by atoms with Crippen molar-refractivity contribution in [3.8, 4) is 5.75 Å². The molecule has 1 aromatic rings. The molecule has 0 saturated carbocycles. The highest BCUT2D eigenvalue weighted by atomic mass is 28.4. The first-order chi connectivity index (χ1) is 25.2. The van der Waals surface area contributed by atoms with Crippen LogP contribution in [0.1, 0.15) is 113 Å². The van der Waals surface area contributed by atoms with Gasteiger partial charge >= 0.3 is 11.9 Å². The number of rotatable bonds is 17. The molecule has 4 aliphatic rings. The molecule has 0 aromatic heterocycles. The molecule has 2 aliphatic heterocycles. The third-order valence-electron chi connectivity index (χ3n) is 12.6. The first-order valence-corrected chi connectivity index (χ1v) is 22.3. The van der Waals surface area contributed by atoms with E-state index >= 15 is 0 Å². The van der Waals surface area contributed by atoms with Crippen molar-refractivity contribution in [3.05, 3.63) is 64.8 Å². The predicted octanol–water partition coefficient (Wildman–Crippen LogP) is 10.0. The molecule has 1 fully saturated rings.